The van der Waals surface area contributed by atoms with E-state index in [0.717, 1.165) is 11.1 Å². The minimum Gasteiger partial charge on any atom is -0.392 e. The van der Waals surface area contributed by atoms with Gasteiger partial charge in [-0.25, -0.2) is 8.42 Å². The van der Waals surface area contributed by atoms with Gasteiger partial charge < -0.3 is 5.11 Å². The van der Waals surface area contributed by atoms with Crippen LogP contribution in [-0.4, -0.2) is 30.4 Å². The molecule has 1 rings (SSSR count). The predicted octanol–water partition coefficient (Wildman–Crippen LogP) is 2.85. The zero-order valence-electron chi connectivity index (χ0n) is 13.8. The van der Waals surface area contributed by atoms with E-state index in [1.165, 1.54) is 0 Å². The molecule has 0 aliphatic rings. The zero-order valence-corrected chi connectivity index (χ0v) is 14.7. The van der Waals surface area contributed by atoms with Gasteiger partial charge in [0.2, 0.25) is 10.0 Å². The Morgan fingerprint density at radius 1 is 1.14 bits per heavy atom. The van der Waals surface area contributed by atoms with E-state index < -0.39 is 10.0 Å². The van der Waals surface area contributed by atoms with E-state index in [4.69, 9.17) is 0 Å². The van der Waals surface area contributed by atoms with Crippen molar-refractivity contribution in [3.05, 3.63) is 28.8 Å². The van der Waals surface area contributed by atoms with Crippen LogP contribution in [0.15, 0.2) is 17.0 Å². The van der Waals surface area contributed by atoms with Crippen molar-refractivity contribution in [2.24, 2.45) is 5.92 Å². The molecule has 0 aromatic heterocycles. The summed E-state index contributed by atoms with van der Waals surface area (Å²) in [4.78, 5) is 0.306. The lowest BCUT2D eigenvalue weighted by atomic mass is 10.1. The predicted molar refractivity (Wildman–Crippen MR) is 85.7 cm³/mol. The molecule has 21 heavy (non-hydrogen) atoms. The van der Waals surface area contributed by atoms with Crippen LogP contribution >= 0.6 is 0 Å². The van der Waals surface area contributed by atoms with Crippen molar-refractivity contribution in [1.29, 1.82) is 0 Å². The van der Waals surface area contributed by atoms with Gasteiger partial charge >= 0.3 is 0 Å². The minimum atomic E-state index is -3.56. The fraction of sp³-hybridized carbons (Fsp3) is 0.625. The van der Waals surface area contributed by atoms with Crippen LogP contribution in [0.25, 0.3) is 0 Å². The molecule has 0 unspecified atom stereocenters. The number of sulfonamides is 1. The minimum absolute atomic E-state index is 0.102. The lowest BCUT2D eigenvalue weighted by Crippen LogP contribution is -2.39. The van der Waals surface area contributed by atoms with Crippen LogP contribution < -0.4 is 0 Å². The SMILES string of the molecule is Cc1cc(CO)cc(S(=O)(=O)N(CC(C)C)C(C)C)c1C. The van der Waals surface area contributed by atoms with Crippen LogP contribution in [0.1, 0.15) is 44.4 Å². The first kappa shape index (κ1) is 18.1. The van der Waals surface area contributed by atoms with Gasteiger partial charge in [-0.15, -0.1) is 0 Å². The summed E-state index contributed by atoms with van der Waals surface area (Å²) in [5.41, 5.74) is 2.26. The second kappa shape index (κ2) is 6.90. The highest BCUT2D eigenvalue weighted by Gasteiger charge is 2.29. The maximum absolute atomic E-state index is 13.0. The van der Waals surface area contributed by atoms with Gasteiger partial charge in [-0.1, -0.05) is 19.9 Å². The van der Waals surface area contributed by atoms with Gasteiger partial charge in [-0.05, 0) is 56.4 Å². The maximum atomic E-state index is 13.0. The molecular weight excluding hydrogens is 286 g/mol. The molecule has 0 bridgehead atoms. The van der Waals surface area contributed by atoms with Crippen molar-refractivity contribution in [3.8, 4) is 0 Å². The molecule has 0 aliphatic carbocycles. The van der Waals surface area contributed by atoms with Gasteiger partial charge in [0.1, 0.15) is 0 Å². The lowest BCUT2D eigenvalue weighted by molar-refractivity contribution is 0.281. The van der Waals surface area contributed by atoms with E-state index in [9.17, 15) is 13.5 Å². The van der Waals surface area contributed by atoms with E-state index in [1.807, 2.05) is 47.6 Å². The Kier molecular flexibility index (Phi) is 5.96. The Balaban J connectivity index is 3.44. The van der Waals surface area contributed by atoms with Gasteiger partial charge in [0.15, 0.2) is 0 Å². The highest BCUT2D eigenvalue weighted by molar-refractivity contribution is 7.89. The monoisotopic (exact) mass is 313 g/mol. The summed E-state index contributed by atoms with van der Waals surface area (Å²) >= 11 is 0. The fourth-order valence-electron chi connectivity index (χ4n) is 2.33. The number of nitrogens with zero attached hydrogens (tertiary/aromatic N) is 1. The summed E-state index contributed by atoms with van der Waals surface area (Å²) < 4.78 is 27.5. The van der Waals surface area contributed by atoms with Gasteiger partial charge in [0.05, 0.1) is 11.5 Å². The molecule has 120 valence electrons. The van der Waals surface area contributed by atoms with Crippen LogP contribution in [-0.2, 0) is 16.6 Å². The molecule has 0 atom stereocenters. The fourth-order valence-corrected chi connectivity index (χ4v) is 4.48. The molecule has 0 aliphatic heterocycles. The third kappa shape index (κ3) is 4.05. The number of aryl methyl sites for hydroxylation is 1. The first-order valence-corrected chi connectivity index (χ1v) is 8.78. The topological polar surface area (TPSA) is 57.6 Å². The summed E-state index contributed by atoms with van der Waals surface area (Å²) in [6.07, 6.45) is 0. The standard InChI is InChI=1S/C16H27NO3S/c1-11(2)9-17(12(3)4)21(19,20)16-8-15(10-18)7-13(5)14(16)6/h7-8,11-12,18H,9-10H2,1-6H3. The molecule has 0 fully saturated rings. The zero-order chi connectivity index (χ0) is 16.4. The molecule has 0 radical (unpaired) electrons. The van der Waals surface area contributed by atoms with E-state index in [0.29, 0.717) is 17.0 Å². The van der Waals surface area contributed by atoms with Crippen molar-refractivity contribution in [2.75, 3.05) is 6.54 Å². The molecule has 5 heteroatoms. The Labute approximate surface area is 128 Å². The van der Waals surface area contributed by atoms with Crippen molar-refractivity contribution >= 4 is 10.0 Å². The molecule has 1 aromatic carbocycles. The molecule has 4 nitrogen and oxygen atoms in total. The molecule has 0 saturated heterocycles. The maximum Gasteiger partial charge on any atom is 0.243 e. The van der Waals surface area contributed by atoms with Crippen molar-refractivity contribution in [2.45, 2.75) is 59.1 Å². The Bertz CT molecular complexity index is 592. The Morgan fingerprint density at radius 2 is 1.71 bits per heavy atom. The Morgan fingerprint density at radius 3 is 2.14 bits per heavy atom. The summed E-state index contributed by atoms with van der Waals surface area (Å²) in [5, 5.41) is 9.33. The number of hydrogen-bond acceptors (Lipinski definition) is 3. The van der Waals surface area contributed by atoms with Crippen molar-refractivity contribution in [1.82, 2.24) is 4.31 Å². The molecule has 0 amide bonds. The summed E-state index contributed by atoms with van der Waals surface area (Å²) in [6, 6.07) is 3.32. The lowest BCUT2D eigenvalue weighted by Gasteiger charge is -2.28. The van der Waals surface area contributed by atoms with Crippen LogP contribution in [0.4, 0.5) is 0 Å². The summed E-state index contributed by atoms with van der Waals surface area (Å²) in [6.45, 7) is 11.8. The number of aliphatic hydroxyl groups excluding tert-OH is 1. The highest BCUT2D eigenvalue weighted by atomic mass is 32.2. The van der Waals surface area contributed by atoms with Gasteiger partial charge in [-0.2, -0.15) is 4.31 Å². The van der Waals surface area contributed by atoms with Gasteiger partial charge in [-0.3, -0.25) is 0 Å². The largest absolute Gasteiger partial charge is 0.392 e. The van der Waals surface area contributed by atoms with Gasteiger partial charge in [0.25, 0.3) is 0 Å². The van der Waals surface area contributed by atoms with Crippen LogP contribution in [0.3, 0.4) is 0 Å². The summed E-state index contributed by atoms with van der Waals surface area (Å²) in [7, 11) is -3.56. The number of rotatable bonds is 6. The van der Waals surface area contributed by atoms with Crippen molar-refractivity contribution < 1.29 is 13.5 Å². The van der Waals surface area contributed by atoms with Crippen molar-refractivity contribution in [3.63, 3.8) is 0 Å². The van der Waals surface area contributed by atoms with Crippen LogP contribution in [0.2, 0.25) is 0 Å². The second-order valence-electron chi connectivity index (χ2n) is 6.26. The Hall–Kier alpha value is -0.910. The normalized spacial score (nSPS) is 12.7. The highest BCUT2D eigenvalue weighted by Crippen LogP contribution is 2.26. The number of benzene rings is 1. The molecule has 1 aromatic rings. The van der Waals surface area contributed by atoms with Gasteiger partial charge in [0, 0.05) is 12.6 Å². The van der Waals surface area contributed by atoms with E-state index in [1.54, 1.807) is 10.4 Å². The smallest absolute Gasteiger partial charge is 0.243 e. The molecule has 0 heterocycles. The second-order valence-corrected chi connectivity index (χ2v) is 8.12. The molecule has 0 spiro atoms. The van der Waals surface area contributed by atoms with E-state index in [2.05, 4.69) is 0 Å². The average molecular weight is 313 g/mol. The van der Waals surface area contributed by atoms with E-state index >= 15 is 0 Å². The average Bonchev–Trinajstić information content (AvgIpc) is 2.38. The first-order chi connectivity index (χ1) is 9.61. The molecule has 1 N–H and O–H groups in total. The molecular formula is C16H27NO3S. The first-order valence-electron chi connectivity index (χ1n) is 7.34. The summed E-state index contributed by atoms with van der Waals surface area (Å²) in [5.74, 6) is 0.254. The third-order valence-corrected chi connectivity index (χ3v) is 5.74. The van der Waals surface area contributed by atoms with E-state index in [-0.39, 0.29) is 18.6 Å². The van der Waals surface area contributed by atoms with Crippen LogP contribution in [0.5, 0.6) is 0 Å². The molecule has 0 saturated carbocycles. The van der Waals surface area contributed by atoms with Crippen LogP contribution in [0, 0.1) is 19.8 Å². The third-order valence-electron chi connectivity index (χ3n) is 3.57. The number of aliphatic hydroxyl groups is 1. The quantitative estimate of drug-likeness (QED) is 0.878. The number of hydrogen-bond donors (Lipinski definition) is 1.